The van der Waals surface area contributed by atoms with Crippen LogP contribution in [0.25, 0.3) is 0 Å². The molecule has 4 N–H and O–H groups in total. The summed E-state index contributed by atoms with van der Waals surface area (Å²) in [5.41, 5.74) is 0.674. The van der Waals surface area contributed by atoms with Gasteiger partial charge in [-0.15, -0.1) is 0 Å². The maximum atomic E-state index is 13.9. The first kappa shape index (κ1) is 29.2. The fourth-order valence-electron chi connectivity index (χ4n) is 4.43. The SMILES string of the molecule is Cc1ccc(C(=O)Nc2ccc(CN3CCNCC3)c(C(F)(F)F)c2)cc1NC(=O)c1cnc(Nc2ccccn2)s1. The Labute approximate surface area is 244 Å². The lowest BCUT2D eigenvalue weighted by molar-refractivity contribution is -0.138. The molecule has 1 aliphatic heterocycles. The molecule has 1 saturated heterocycles. The zero-order valence-corrected chi connectivity index (χ0v) is 23.4. The van der Waals surface area contributed by atoms with E-state index in [4.69, 9.17) is 0 Å². The highest BCUT2D eigenvalue weighted by Crippen LogP contribution is 2.35. The third-order valence-corrected chi connectivity index (χ3v) is 7.57. The van der Waals surface area contributed by atoms with Crippen molar-refractivity contribution < 1.29 is 22.8 Å². The van der Waals surface area contributed by atoms with Gasteiger partial charge in [0.15, 0.2) is 5.13 Å². The van der Waals surface area contributed by atoms with E-state index in [0.29, 0.717) is 40.2 Å². The van der Waals surface area contributed by atoms with Crippen LogP contribution in [0.4, 0.5) is 35.5 Å². The van der Waals surface area contributed by atoms with E-state index < -0.39 is 23.6 Å². The first-order valence-corrected chi connectivity index (χ1v) is 14.0. The van der Waals surface area contributed by atoms with E-state index in [0.717, 1.165) is 30.5 Å². The molecule has 42 heavy (non-hydrogen) atoms. The predicted octanol–water partition coefficient (Wildman–Crippen LogP) is 5.52. The van der Waals surface area contributed by atoms with Gasteiger partial charge in [-0.25, -0.2) is 9.97 Å². The van der Waals surface area contributed by atoms with Crippen LogP contribution in [-0.4, -0.2) is 52.9 Å². The third-order valence-electron chi connectivity index (χ3n) is 6.65. The Kier molecular flexibility index (Phi) is 8.80. The molecule has 13 heteroatoms. The van der Waals surface area contributed by atoms with Crippen molar-refractivity contribution in [1.29, 1.82) is 0 Å². The van der Waals surface area contributed by atoms with Gasteiger partial charge in [0.25, 0.3) is 11.8 Å². The molecule has 5 rings (SSSR count). The number of aryl methyl sites for hydroxylation is 1. The molecule has 0 atom stereocenters. The molecular formula is C29H28F3N7O2S. The van der Waals surface area contributed by atoms with Gasteiger partial charge in [0.05, 0.1) is 11.8 Å². The number of alkyl halides is 3. The highest BCUT2D eigenvalue weighted by atomic mass is 32.1. The summed E-state index contributed by atoms with van der Waals surface area (Å²) in [7, 11) is 0. The minimum absolute atomic E-state index is 0.0279. The highest BCUT2D eigenvalue weighted by Gasteiger charge is 2.34. The lowest BCUT2D eigenvalue weighted by atomic mass is 10.0. The summed E-state index contributed by atoms with van der Waals surface area (Å²) in [4.78, 5) is 36.6. The molecule has 3 heterocycles. The third kappa shape index (κ3) is 7.29. The minimum Gasteiger partial charge on any atom is -0.322 e. The first-order valence-electron chi connectivity index (χ1n) is 13.2. The number of rotatable bonds is 8. The number of hydrogen-bond donors (Lipinski definition) is 4. The van der Waals surface area contributed by atoms with Crippen LogP contribution in [0.3, 0.4) is 0 Å². The molecule has 0 unspecified atom stereocenters. The number of aromatic nitrogens is 2. The topological polar surface area (TPSA) is 111 Å². The number of pyridine rings is 1. The van der Waals surface area contributed by atoms with Gasteiger partial charge in [-0.3, -0.25) is 14.5 Å². The molecule has 218 valence electrons. The van der Waals surface area contributed by atoms with Gasteiger partial charge in [0.2, 0.25) is 0 Å². The number of nitrogens with zero attached hydrogens (tertiary/aromatic N) is 3. The Morgan fingerprint density at radius 2 is 1.81 bits per heavy atom. The molecule has 9 nitrogen and oxygen atoms in total. The van der Waals surface area contributed by atoms with Crippen LogP contribution in [-0.2, 0) is 12.7 Å². The van der Waals surface area contributed by atoms with Crippen LogP contribution in [0.2, 0.25) is 0 Å². The normalized spacial score (nSPS) is 13.9. The molecule has 1 fully saturated rings. The molecular weight excluding hydrogens is 567 g/mol. The van der Waals surface area contributed by atoms with E-state index in [2.05, 4.69) is 31.2 Å². The van der Waals surface area contributed by atoms with E-state index in [-0.39, 0.29) is 23.4 Å². The van der Waals surface area contributed by atoms with Gasteiger partial charge in [-0.2, -0.15) is 13.2 Å². The molecule has 4 aromatic rings. The van der Waals surface area contributed by atoms with E-state index in [1.807, 2.05) is 11.0 Å². The lowest BCUT2D eigenvalue weighted by Crippen LogP contribution is -2.43. The predicted molar refractivity (Wildman–Crippen MR) is 156 cm³/mol. The second-order valence-electron chi connectivity index (χ2n) is 9.70. The Morgan fingerprint density at radius 1 is 1.00 bits per heavy atom. The highest BCUT2D eigenvalue weighted by molar-refractivity contribution is 7.17. The number of anilines is 4. The van der Waals surface area contributed by atoms with Gasteiger partial charge in [0.1, 0.15) is 10.7 Å². The van der Waals surface area contributed by atoms with E-state index in [9.17, 15) is 22.8 Å². The lowest BCUT2D eigenvalue weighted by Gasteiger charge is -2.28. The van der Waals surface area contributed by atoms with Crippen LogP contribution in [0, 0.1) is 6.92 Å². The summed E-state index contributed by atoms with van der Waals surface area (Å²) in [5, 5.41) is 12.0. The summed E-state index contributed by atoms with van der Waals surface area (Å²) in [6, 6.07) is 13.9. The first-order chi connectivity index (χ1) is 20.2. The minimum atomic E-state index is -4.57. The number of nitrogens with one attached hydrogen (secondary N) is 4. The van der Waals surface area contributed by atoms with Crippen LogP contribution in [0.1, 0.15) is 36.7 Å². The molecule has 0 saturated carbocycles. The maximum Gasteiger partial charge on any atom is 0.416 e. The Balaban J connectivity index is 1.27. The van der Waals surface area contributed by atoms with Gasteiger partial charge in [0, 0.05) is 55.9 Å². The van der Waals surface area contributed by atoms with Crippen molar-refractivity contribution in [3.05, 3.63) is 94.1 Å². The number of amides is 2. The van der Waals surface area contributed by atoms with Crippen LogP contribution >= 0.6 is 11.3 Å². The maximum absolute atomic E-state index is 13.9. The van der Waals surface area contributed by atoms with E-state index >= 15 is 0 Å². The summed E-state index contributed by atoms with van der Waals surface area (Å²) < 4.78 is 41.8. The number of benzene rings is 2. The molecule has 2 aromatic heterocycles. The number of piperazine rings is 1. The van der Waals surface area contributed by atoms with Gasteiger partial charge >= 0.3 is 6.18 Å². The molecule has 1 aliphatic rings. The Bertz CT molecular complexity index is 1570. The van der Waals surface area contributed by atoms with Crippen molar-refractivity contribution in [2.75, 3.05) is 42.1 Å². The van der Waals surface area contributed by atoms with Crippen LogP contribution < -0.4 is 21.3 Å². The van der Waals surface area contributed by atoms with Crippen molar-refractivity contribution in [2.24, 2.45) is 0 Å². The standard InChI is InChI=1S/C29H28F3N7O2S/c1-18-5-6-19(14-23(18)37-27(41)24-16-35-28(42-24)38-25-4-2-3-9-34-25)26(40)36-21-8-7-20(22(15-21)29(30,31)32)17-39-12-10-33-11-13-39/h2-9,14-16,33H,10-13,17H2,1H3,(H,36,40)(H,37,41)(H,34,35,38). The van der Waals surface area contributed by atoms with E-state index in [1.165, 1.54) is 24.4 Å². The van der Waals surface area contributed by atoms with Crippen molar-refractivity contribution in [3.8, 4) is 0 Å². The van der Waals surface area contributed by atoms with Crippen molar-refractivity contribution in [3.63, 3.8) is 0 Å². The van der Waals surface area contributed by atoms with Gasteiger partial charge in [-0.05, 0) is 54.4 Å². The average molecular weight is 596 g/mol. The van der Waals surface area contributed by atoms with Crippen molar-refractivity contribution in [2.45, 2.75) is 19.6 Å². The molecule has 2 amide bonds. The molecule has 0 radical (unpaired) electrons. The fraction of sp³-hybridized carbons (Fsp3) is 0.241. The largest absolute Gasteiger partial charge is 0.416 e. The van der Waals surface area contributed by atoms with Crippen LogP contribution in [0.5, 0.6) is 0 Å². The second-order valence-corrected chi connectivity index (χ2v) is 10.7. The zero-order valence-electron chi connectivity index (χ0n) is 22.6. The smallest absolute Gasteiger partial charge is 0.322 e. The number of carbonyl (C=O) groups excluding carboxylic acids is 2. The van der Waals surface area contributed by atoms with E-state index in [1.54, 1.807) is 37.4 Å². The van der Waals surface area contributed by atoms with Gasteiger partial charge in [-0.1, -0.05) is 29.5 Å². The fourth-order valence-corrected chi connectivity index (χ4v) is 5.15. The Morgan fingerprint density at radius 3 is 2.55 bits per heavy atom. The molecule has 0 spiro atoms. The monoisotopic (exact) mass is 595 g/mol. The van der Waals surface area contributed by atoms with Crippen LogP contribution in [0.15, 0.2) is 67.0 Å². The zero-order chi connectivity index (χ0) is 29.7. The average Bonchev–Trinajstić information content (AvgIpc) is 3.44. The summed E-state index contributed by atoms with van der Waals surface area (Å²) in [6.45, 7) is 4.71. The van der Waals surface area contributed by atoms with Crippen molar-refractivity contribution >= 4 is 45.5 Å². The number of thiazole rings is 1. The second kappa shape index (κ2) is 12.7. The Hall–Kier alpha value is -4.33. The number of hydrogen-bond acceptors (Lipinski definition) is 8. The number of carbonyl (C=O) groups is 2. The van der Waals surface area contributed by atoms with Crippen molar-refractivity contribution in [1.82, 2.24) is 20.2 Å². The molecule has 0 bridgehead atoms. The molecule has 0 aliphatic carbocycles. The van der Waals surface area contributed by atoms with Gasteiger partial charge < -0.3 is 21.3 Å². The summed E-state index contributed by atoms with van der Waals surface area (Å²) >= 11 is 1.14. The quantitative estimate of drug-likeness (QED) is 0.212. The molecule has 2 aromatic carbocycles. The summed E-state index contributed by atoms with van der Waals surface area (Å²) in [5.74, 6) is -0.435. The number of halogens is 3. The summed E-state index contributed by atoms with van der Waals surface area (Å²) in [6.07, 6.45) is -1.51.